The van der Waals surface area contributed by atoms with Crippen LogP contribution in [0.4, 0.5) is 18.9 Å². The van der Waals surface area contributed by atoms with E-state index in [2.05, 4.69) is 4.90 Å². The summed E-state index contributed by atoms with van der Waals surface area (Å²) in [5, 5.41) is 0. The maximum atomic E-state index is 12.7. The van der Waals surface area contributed by atoms with Crippen molar-refractivity contribution in [2.75, 3.05) is 39.1 Å². The van der Waals surface area contributed by atoms with Gasteiger partial charge in [0, 0.05) is 25.8 Å². The van der Waals surface area contributed by atoms with Gasteiger partial charge in [0.2, 0.25) is 0 Å². The Hall–Kier alpha value is -1.27. The molecule has 0 aromatic heterocycles. The van der Waals surface area contributed by atoms with Crippen molar-refractivity contribution in [1.82, 2.24) is 4.90 Å². The molecule has 1 aromatic rings. The molecule has 0 saturated heterocycles. The highest BCUT2D eigenvalue weighted by atomic mass is 19.4. The van der Waals surface area contributed by atoms with E-state index in [0.29, 0.717) is 5.56 Å². The van der Waals surface area contributed by atoms with Crippen LogP contribution < -0.4 is 10.6 Å². The van der Waals surface area contributed by atoms with Crippen LogP contribution in [0.1, 0.15) is 17.5 Å². The molecule has 114 valence electrons. The number of benzene rings is 1. The van der Waals surface area contributed by atoms with Crippen molar-refractivity contribution in [1.29, 1.82) is 0 Å². The molecule has 0 unspecified atom stereocenters. The minimum Gasteiger partial charge on any atom is -0.374 e. The summed E-state index contributed by atoms with van der Waals surface area (Å²) >= 11 is 0. The molecule has 0 heterocycles. The van der Waals surface area contributed by atoms with E-state index in [-0.39, 0.29) is 6.54 Å². The normalized spacial score (nSPS) is 12.0. The van der Waals surface area contributed by atoms with Crippen LogP contribution in [-0.4, -0.2) is 39.1 Å². The molecule has 0 saturated carbocycles. The lowest BCUT2D eigenvalue weighted by molar-refractivity contribution is -0.137. The highest BCUT2D eigenvalue weighted by Crippen LogP contribution is 2.32. The molecule has 3 nitrogen and oxygen atoms in total. The fraction of sp³-hybridized carbons (Fsp3) is 0.571. The Bertz CT molecular complexity index is 430. The van der Waals surface area contributed by atoms with Crippen molar-refractivity contribution in [3.63, 3.8) is 0 Å². The number of rotatable bonds is 6. The van der Waals surface area contributed by atoms with E-state index < -0.39 is 11.7 Å². The monoisotopic (exact) mass is 289 g/mol. The van der Waals surface area contributed by atoms with E-state index in [4.69, 9.17) is 5.73 Å². The summed E-state index contributed by atoms with van der Waals surface area (Å²) < 4.78 is 38.0. The van der Waals surface area contributed by atoms with Gasteiger partial charge in [-0.2, -0.15) is 13.2 Å². The van der Waals surface area contributed by atoms with Gasteiger partial charge in [-0.15, -0.1) is 0 Å². The van der Waals surface area contributed by atoms with Gasteiger partial charge < -0.3 is 15.5 Å². The second-order valence-electron chi connectivity index (χ2n) is 5.12. The van der Waals surface area contributed by atoms with Gasteiger partial charge in [-0.25, -0.2) is 0 Å². The molecule has 20 heavy (non-hydrogen) atoms. The molecule has 0 fully saturated rings. The summed E-state index contributed by atoms with van der Waals surface area (Å²) in [6.07, 6.45) is -3.39. The molecular weight excluding hydrogens is 267 g/mol. The van der Waals surface area contributed by atoms with Gasteiger partial charge >= 0.3 is 6.18 Å². The Morgan fingerprint density at radius 2 is 1.75 bits per heavy atom. The molecule has 6 heteroatoms. The molecule has 0 bridgehead atoms. The quantitative estimate of drug-likeness (QED) is 0.873. The Morgan fingerprint density at radius 1 is 1.10 bits per heavy atom. The van der Waals surface area contributed by atoms with Crippen LogP contribution in [0.2, 0.25) is 0 Å². The SMILES string of the molecule is CN(C)CCCN(C)c1ccc(C(F)(F)F)cc1CN. The van der Waals surface area contributed by atoms with Crippen LogP contribution in [-0.2, 0) is 12.7 Å². The summed E-state index contributed by atoms with van der Waals surface area (Å²) in [6.45, 7) is 1.80. The molecule has 0 radical (unpaired) electrons. The van der Waals surface area contributed by atoms with E-state index in [0.717, 1.165) is 37.3 Å². The average molecular weight is 289 g/mol. The third kappa shape index (κ3) is 4.68. The molecular formula is C14H22F3N3. The summed E-state index contributed by atoms with van der Waals surface area (Å²) in [5.41, 5.74) is 6.21. The maximum Gasteiger partial charge on any atom is 0.416 e. The highest BCUT2D eigenvalue weighted by molar-refractivity contribution is 5.55. The number of anilines is 1. The number of hydrogen-bond donors (Lipinski definition) is 1. The van der Waals surface area contributed by atoms with Crippen molar-refractivity contribution in [2.45, 2.75) is 19.1 Å². The third-order valence-electron chi connectivity index (χ3n) is 3.14. The van der Waals surface area contributed by atoms with Crippen LogP contribution in [0.5, 0.6) is 0 Å². The van der Waals surface area contributed by atoms with Crippen LogP contribution in [0.25, 0.3) is 0 Å². The second kappa shape index (κ2) is 6.95. The summed E-state index contributed by atoms with van der Waals surface area (Å²) in [5.74, 6) is 0. The number of halogens is 3. The van der Waals surface area contributed by atoms with Crippen LogP contribution >= 0.6 is 0 Å². The number of alkyl halides is 3. The molecule has 1 aromatic carbocycles. The first-order chi connectivity index (χ1) is 9.25. The zero-order valence-corrected chi connectivity index (χ0v) is 12.2. The minimum atomic E-state index is -4.33. The van der Waals surface area contributed by atoms with E-state index in [9.17, 15) is 13.2 Å². The van der Waals surface area contributed by atoms with Gasteiger partial charge in [-0.3, -0.25) is 0 Å². The first-order valence-corrected chi connectivity index (χ1v) is 6.51. The molecule has 0 aliphatic carbocycles. The van der Waals surface area contributed by atoms with Gasteiger partial charge in [-0.05, 0) is 50.8 Å². The second-order valence-corrected chi connectivity index (χ2v) is 5.12. The summed E-state index contributed by atoms with van der Waals surface area (Å²) in [7, 11) is 5.85. The zero-order valence-electron chi connectivity index (χ0n) is 12.2. The third-order valence-corrected chi connectivity index (χ3v) is 3.14. The maximum absolute atomic E-state index is 12.7. The smallest absolute Gasteiger partial charge is 0.374 e. The van der Waals surface area contributed by atoms with E-state index in [1.807, 2.05) is 26.0 Å². The molecule has 0 amide bonds. The minimum absolute atomic E-state index is 0.0945. The predicted octanol–water partition coefficient (Wildman–Crippen LogP) is 2.55. The number of nitrogens with two attached hydrogens (primary N) is 1. The van der Waals surface area contributed by atoms with Crippen molar-refractivity contribution in [2.24, 2.45) is 5.73 Å². The number of hydrogen-bond acceptors (Lipinski definition) is 3. The topological polar surface area (TPSA) is 32.5 Å². The summed E-state index contributed by atoms with van der Waals surface area (Å²) in [6, 6.07) is 3.75. The van der Waals surface area contributed by atoms with Crippen LogP contribution in [0, 0.1) is 0 Å². The van der Waals surface area contributed by atoms with Gasteiger partial charge in [0.05, 0.1) is 5.56 Å². The lowest BCUT2D eigenvalue weighted by Crippen LogP contribution is -2.24. The Balaban J connectivity index is 2.84. The largest absolute Gasteiger partial charge is 0.416 e. The fourth-order valence-corrected chi connectivity index (χ4v) is 2.04. The standard InChI is InChI=1S/C14H22F3N3/c1-19(2)7-4-8-20(3)13-6-5-12(14(15,16)17)9-11(13)10-18/h5-6,9H,4,7-8,10,18H2,1-3H3. The lowest BCUT2D eigenvalue weighted by Gasteiger charge is -2.24. The van der Waals surface area contributed by atoms with Crippen LogP contribution in [0.15, 0.2) is 18.2 Å². The molecule has 0 aliphatic rings. The van der Waals surface area contributed by atoms with Crippen molar-refractivity contribution in [3.8, 4) is 0 Å². The zero-order chi connectivity index (χ0) is 15.3. The highest BCUT2D eigenvalue weighted by Gasteiger charge is 2.31. The Kier molecular flexibility index (Phi) is 5.83. The van der Waals surface area contributed by atoms with Crippen molar-refractivity contribution in [3.05, 3.63) is 29.3 Å². The predicted molar refractivity (Wildman–Crippen MR) is 75.8 cm³/mol. The van der Waals surface area contributed by atoms with E-state index >= 15 is 0 Å². The fourth-order valence-electron chi connectivity index (χ4n) is 2.04. The van der Waals surface area contributed by atoms with Gasteiger partial charge in [0.1, 0.15) is 0 Å². The van der Waals surface area contributed by atoms with Crippen molar-refractivity contribution >= 4 is 5.69 Å². The molecule has 0 aliphatic heterocycles. The Labute approximate surface area is 118 Å². The average Bonchev–Trinajstić information content (AvgIpc) is 2.36. The van der Waals surface area contributed by atoms with Crippen molar-refractivity contribution < 1.29 is 13.2 Å². The molecule has 1 rings (SSSR count). The van der Waals surface area contributed by atoms with Gasteiger partial charge in [-0.1, -0.05) is 0 Å². The summed E-state index contributed by atoms with van der Waals surface area (Å²) in [4.78, 5) is 4.02. The van der Waals surface area contributed by atoms with Gasteiger partial charge in [0.15, 0.2) is 0 Å². The molecule has 0 spiro atoms. The first-order valence-electron chi connectivity index (χ1n) is 6.51. The van der Waals surface area contributed by atoms with E-state index in [1.165, 1.54) is 6.07 Å². The van der Waals surface area contributed by atoms with Gasteiger partial charge in [0.25, 0.3) is 0 Å². The molecule has 2 N–H and O–H groups in total. The number of nitrogens with zero attached hydrogens (tertiary/aromatic N) is 2. The molecule has 0 atom stereocenters. The van der Waals surface area contributed by atoms with Crippen LogP contribution in [0.3, 0.4) is 0 Å². The Morgan fingerprint density at radius 3 is 2.25 bits per heavy atom. The first kappa shape index (κ1) is 16.8. The lowest BCUT2D eigenvalue weighted by atomic mass is 10.1. The van der Waals surface area contributed by atoms with E-state index in [1.54, 1.807) is 0 Å².